The Morgan fingerprint density at radius 2 is 1.93 bits per heavy atom. The van der Waals surface area contributed by atoms with Gasteiger partial charge in [0.15, 0.2) is 15.7 Å². The lowest BCUT2D eigenvalue weighted by Crippen LogP contribution is -2.16. The van der Waals surface area contributed by atoms with Crippen LogP contribution in [-0.2, 0) is 16.9 Å². The zero-order valence-corrected chi connectivity index (χ0v) is 8.84. The minimum atomic E-state index is -4.60. The molecule has 1 heterocycles. The van der Waals surface area contributed by atoms with Gasteiger partial charge >= 0.3 is 6.18 Å². The highest BCUT2D eigenvalue weighted by Gasteiger charge is 2.36. The Morgan fingerprint density at radius 3 is 2.20 bits per heavy atom. The number of thiol groups is 1. The molecule has 0 N–H and O–H groups in total. The molecular formula is C7H9F3N2O2S. The summed E-state index contributed by atoms with van der Waals surface area (Å²) < 4.78 is 59.0. The van der Waals surface area contributed by atoms with E-state index in [1.54, 1.807) is 0 Å². The van der Waals surface area contributed by atoms with Gasteiger partial charge in [-0.3, -0.25) is 4.68 Å². The monoisotopic (exact) mass is 242 g/mol. The second-order valence-electron chi connectivity index (χ2n) is 3.18. The van der Waals surface area contributed by atoms with Crippen LogP contribution >= 0.6 is 0 Å². The van der Waals surface area contributed by atoms with Crippen molar-refractivity contribution in [1.29, 1.82) is 0 Å². The van der Waals surface area contributed by atoms with E-state index in [0.717, 1.165) is 0 Å². The SMILES string of the molecule is CC(C)n1nc([SH](=O)=O)cc1C(F)(F)F. The van der Waals surface area contributed by atoms with E-state index in [4.69, 9.17) is 0 Å². The zero-order chi connectivity index (χ0) is 11.8. The molecular weight excluding hydrogens is 233 g/mol. The summed E-state index contributed by atoms with van der Waals surface area (Å²) in [5.74, 6) is 0. The minimum absolute atomic E-state index is 0.533. The van der Waals surface area contributed by atoms with E-state index in [-0.39, 0.29) is 0 Å². The largest absolute Gasteiger partial charge is 0.433 e. The van der Waals surface area contributed by atoms with Crippen LogP contribution in [0.3, 0.4) is 0 Å². The Balaban J connectivity index is 3.36. The molecule has 0 spiro atoms. The van der Waals surface area contributed by atoms with Crippen molar-refractivity contribution in [3.05, 3.63) is 11.8 Å². The van der Waals surface area contributed by atoms with Crippen molar-refractivity contribution in [2.24, 2.45) is 0 Å². The van der Waals surface area contributed by atoms with Gasteiger partial charge in [-0.15, -0.1) is 0 Å². The van der Waals surface area contributed by atoms with Crippen molar-refractivity contribution in [2.75, 3.05) is 0 Å². The third-order valence-electron chi connectivity index (χ3n) is 1.69. The van der Waals surface area contributed by atoms with E-state index in [2.05, 4.69) is 5.10 Å². The van der Waals surface area contributed by atoms with Crippen molar-refractivity contribution in [1.82, 2.24) is 9.78 Å². The summed E-state index contributed by atoms with van der Waals surface area (Å²) in [5.41, 5.74) is -1.05. The average Bonchev–Trinajstić information content (AvgIpc) is 2.45. The number of hydrogen-bond acceptors (Lipinski definition) is 3. The van der Waals surface area contributed by atoms with Gasteiger partial charge in [-0.2, -0.15) is 18.3 Å². The first kappa shape index (κ1) is 12.0. The van der Waals surface area contributed by atoms with Gasteiger partial charge in [-0.25, -0.2) is 8.42 Å². The Hall–Kier alpha value is -1.05. The summed E-state index contributed by atoms with van der Waals surface area (Å²) in [6.07, 6.45) is -4.60. The fourth-order valence-corrected chi connectivity index (χ4v) is 1.47. The molecule has 4 nitrogen and oxygen atoms in total. The maximum Gasteiger partial charge on any atom is 0.433 e. The molecule has 0 radical (unpaired) electrons. The maximum absolute atomic E-state index is 12.4. The average molecular weight is 242 g/mol. The summed E-state index contributed by atoms with van der Waals surface area (Å²) in [4.78, 5) is 0. The van der Waals surface area contributed by atoms with Crippen molar-refractivity contribution in [2.45, 2.75) is 31.1 Å². The molecule has 0 amide bonds. The molecule has 0 bridgehead atoms. The molecule has 0 aliphatic heterocycles. The Labute approximate surface area is 85.7 Å². The van der Waals surface area contributed by atoms with Crippen LogP contribution in [0.4, 0.5) is 13.2 Å². The predicted molar refractivity (Wildman–Crippen MR) is 46.2 cm³/mol. The zero-order valence-electron chi connectivity index (χ0n) is 7.95. The van der Waals surface area contributed by atoms with Crippen LogP contribution in [0.1, 0.15) is 25.6 Å². The molecule has 1 aromatic rings. The van der Waals surface area contributed by atoms with Crippen LogP contribution in [0, 0.1) is 0 Å². The van der Waals surface area contributed by atoms with Gasteiger partial charge in [0.2, 0.25) is 0 Å². The number of nitrogens with zero attached hydrogens (tertiary/aromatic N) is 2. The molecule has 0 aliphatic carbocycles. The van der Waals surface area contributed by atoms with Crippen LogP contribution < -0.4 is 0 Å². The molecule has 0 atom stereocenters. The molecule has 8 heteroatoms. The third kappa shape index (κ3) is 2.49. The second kappa shape index (κ2) is 3.84. The highest BCUT2D eigenvalue weighted by Crippen LogP contribution is 2.31. The van der Waals surface area contributed by atoms with E-state index in [1.807, 2.05) is 0 Å². The third-order valence-corrected chi connectivity index (χ3v) is 2.28. The van der Waals surface area contributed by atoms with Crippen molar-refractivity contribution in [3.63, 3.8) is 0 Å². The van der Waals surface area contributed by atoms with Gasteiger partial charge in [0.25, 0.3) is 0 Å². The summed E-state index contributed by atoms with van der Waals surface area (Å²) >= 11 is 0. The standard InChI is InChI=1S/C7H9F3N2O2S/c1-4(2)12-5(7(8,9)10)3-6(11-12)15(13)14/h3-4,15H,1-2H3. The van der Waals surface area contributed by atoms with Crippen molar-refractivity contribution in [3.8, 4) is 0 Å². The molecule has 0 saturated heterocycles. The van der Waals surface area contributed by atoms with E-state index in [1.165, 1.54) is 13.8 Å². The van der Waals surface area contributed by atoms with Crippen molar-refractivity contribution < 1.29 is 21.6 Å². The van der Waals surface area contributed by atoms with Crippen molar-refractivity contribution >= 4 is 10.7 Å². The second-order valence-corrected chi connectivity index (χ2v) is 4.15. The predicted octanol–water partition coefficient (Wildman–Crippen LogP) is 1.45. The fourth-order valence-electron chi connectivity index (χ4n) is 1.08. The first-order valence-corrected chi connectivity index (χ1v) is 5.22. The normalized spacial score (nSPS) is 12.7. The van der Waals surface area contributed by atoms with Gasteiger partial charge in [0, 0.05) is 12.1 Å². The molecule has 0 fully saturated rings. The first-order valence-electron chi connectivity index (χ1n) is 4.04. The van der Waals surface area contributed by atoms with E-state index >= 15 is 0 Å². The summed E-state index contributed by atoms with van der Waals surface area (Å²) in [6.45, 7) is 2.98. The molecule has 0 aliphatic rings. The Morgan fingerprint density at radius 1 is 1.40 bits per heavy atom. The van der Waals surface area contributed by atoms with Crippen LogP contribution in [0.2, 0.25) is 0 Å². The first-order chi connectivity index (χ1) is 6.73. The van der Waals surface area contributed by atoms with Crippen LogP contribution in [0.15, 0.2) is 11.1 Å². The molecule has 0 saturated carbocycles. The fraction of sp³-hybridized carbons (Fsp3) is 0.571. The van der Waals surface area contributed by atoms with Gasteiger partial charge in [0.05, 0.1) is 0 Å². The van der Waals surface area contributed by atoms with Gasteiger partial charge < -0.3 is 0 Å². The molecule has 1 rings (SSSR count). The van der Waals surface area contributed by atoms with E-state index in [9.17, 15) is 21.6 Å². The maximum atomic E-state index is 12.4. The van der Waals surface area contributed by atoms with Gasteiger partial charge in [0.1, 0.15) is 5.69 Å². The number of halogens is 3. The molecule has 0 aromatic carbocycles. The summed E-state index contributed by atoms with van der Waals surface area (Å²) in [6, 6.07) is -0.0172. The van der Waals surface area contributed by atoms with E-state index < -0.39 is 33.6 Å². The minimum Gasteiger partial charge on any atom is -0.257 e. The highest BCUT2D eigenvalue weighted by molar-refractivity contribution is 7.72. The highest BCUT2D eigenvalue weighted by atomic mass is 32.2. The lowest BCUT2D eigenvalue weighted by Gasteiger charge is -2.12. The molecule has 86 valence electrons. The molecule has 1 aromatic heterocycles. The number of alkyl halides is 3. The lowest BCUT2D eigenvalue weighted by atomic mass is 10.3. The number of aromatic nitrogens is 2. The van der Waals surface area contributed by atoms with E-state index in [0.29, 0.717) is 10.7 Å². The molecule has 0 unspecified atom stereocenters. The number of rotatable bonds is 2. The smallest absolute Gasteiger partial charge is 0.257 e. The van der Waals surface area contributed by atoms with Crippen LogP contribution in [0.25, 0.3) is 0 Å². The number of hydrogen-bond donors (Lipinski definition) is 1. The Bertz CT molecular complexity index is 426. The Kier molecular flexibility index (Phi) is 3.08. The summed E-state index contributed by atoms with van der Waals surface area (Å²) in [5, 5.41) is 2.81. The van der Waals surface area contributed by atoms with Gasteiger partial charge in [-0.05, 0) is 13.8 Å². The lowest BCUT2D eigenvalue weighted by molar-refractivity contribution is -0.144. The quantitative estimate of drug-likeness (QED) is 0.799. The van der Waals surface area contributed by atoms with Crippen LogP contribution in [-0.4, -0.2) is 18.2 Å². The summed E-state index contributed by atoms with van der Waals surface area (Å²) in [7, 11) is -3.09. The van der Waals surface area contributed by atoms with Gasteiger partial charge in [-0.1, -0.05) is 0 Å². The topological polar surface area (TPSA) is 52.0 Å². The van der Waals surface area contributed by atoms with Crippen LogP contribution in [0.5, 0.6) is 0 Å². The molecule has 15 heavy (non-hydrogen) atoms.